The lowest BCUT2D eigenvalue weighted by molar-refractivity contribution is 0.0458. The van der Waals surface area contributed by atoms with E-state index in [1.54, 1.807) is 23.1 Å². The van der Waals surface area contributed by atoms with Gasteiger partial charge >= 0.3 is 0 Å². The summed E-state index contributed by atoms with van der Waals surface area (Å²) in [5, 5.41) is 4.24. The first-order valence-corrected chi connectivity index (χ1v) is 8.13. The summed E-state index contributed by atoms with van der Waals surface area (Å²) < 4.78 is 6.87. The highest BCUT2D eigenvalue weighted by Crippen LogP contribution is 2.21. The number of likely N-dealkylation sites (tertiary alicyclic amines) is 1. The Labute approximate surface area is 140 Å². The van der Waals surface area contributed by atoms with Crippen LogP contribution in [0.2, 0.25) is 0 Å². The van der Waals surface area contributed by atoms with Gasteiger partial charge in [0.05, 0.1) is 18.8 Å². The van der Waals surface area contributed by atoms with E-state index >= 15 is 0 Å². The molecule has 0 saturated carbocycles. The molecular formula is C18H21N3O3. The number of aromatic nitrogens is 2. The average molecular weight is 327 g/mol. The van der Waals surface area contributed by atoms with Crippen molar-refractivity contribution < 1.29 is 9.53 Å². The Morgan fingerprint density at radius 3 is 2.58 bits per heavy atom. The Hall–Kier alpha value is -2.63. The van der Waals surface area contributed by atoms with E-state index in [1.165, 1.54) is 10.7 Å². The van der Waals surface area contributed by atoms with Crippen molar-refractivity contribution in [3.05, 3.63) is 58.0 Å². The molecule has 0 bridgehead atoms. The first-order valence-electron chi connectivity index (χ1n) is 8.13. The number of hydrogen-bond donors (Lipinski definition) is 0. The van der Waals surface area contributed by atoms with E-state index < -0.39 is 0 Å². The summed E-state index contributed by atoms with van der Waals surface area (Å²) in [6.45, 7) is 6.23. The highest BCUT2D eigenvalue weighted by Gasteiger charge is 2.31. The summed E-state index contributed by atoms with van der Waals surface area (Å²) in [6, 6.07) is 10.4. The fourth-order valence-corrected chi connectivity index (χ4v) is 2.82. The van der Waals surface area contributed by atoms with Gasteiger partial charge in [-0.05, 0) is 44.2 Å². The monoisotopic (exact) mass is 327 g/mol. The third-order valence-electron chi connectivity index (χ3n) is 4.09. The number of hydrogen-bond acceptors (Lipinski definition) is 4. The summed E-state index contributed by atoms with van der Waals surface area (Å²) in [7, 11) is 0. The molecule has 0 radical (unpaired) electrons. The van der Waals surface area contributed by atoms with Gasteiger partial charge in [0.15, 0.2) is 0 Å². The van der Waals surface area contributed by atoms with Gasteiger partial charge < -0.3 is 9.64 Å². The quantitative estimate of drug-likeness (QED) is 0.839. The molecule has 1 amide bonds. The van der Waals surface area contributed by atoms with E-state index in [0.29, 0.717) is 31.8 Å². The van der Waals surface area contributed by atoms with Crippen LogP contribution in [0.4, 0.5) is 0 Å². The minimum absolute atomic E-state index is 0.0128. The number of aryl methyl sites for hydroxylation is 1. The minimum atomic E-state index is -0.100. The van der Waals surface area contributed by atoms with Gasteiger partial charge in [-0.3, -0.25) is 9.59 Å². The lowest BCUT2D eigenvalue weighted by atomic mass is 9.99. The lowest BCUT2D eigenvalue weighted by Crippen LogP contribution is -2.52. The summed E-state index contributed by atoms with van der Waals surface area (Å²) in [5.74, 6) is 1.04. The SMILES string of the molecule is CCOc1ccc(C(=O)N2CC(Cn3nc(C)ccc3=O)C2)cc1. The van der Waals surface area contributed by atoms with Crippen LogP contribution < -0.4 is 10.3 Å². The lowest BCUT2D eigenvalue weighted by Gasteiger charge is -2.39. The molecule has 0 aliphatic carbocycles. The van der Waals surface area contributed by atoms with E-state index in [1.807, 2.05) is 26.0 Å². The molecule has 6 heteroatoms. The zero-order chi connectivity index (χ0) is 17.1. The van der Waals surface area contributed by atoms with Gasteiger partial charge in [-0.2, -0.15) is 5.10 Å². The van der Waals surface area contributed by atoms with Crippen LogP contribution in [0.3, 0.4) is 0 Å². The van der Waals surface area contributed by atoms with Gasteiger partial charge in [-0.25, -0.2) is 4.68 Å². The second kappa shape index (κ2) is 6.86. The van der Waals surface area contributed by atoms with Crippen molar-refractivity contribution in [1.82, 2.24) is 14.7 Å². The third kappa shape index (κ3) is 3.48. The topological polar surface area (TPSA) is 64.4 Å². The molecule has 24 heavy (non-hydrogen) atoms. The summed E-state index contributed by atoms with van der Waals surface area (Å²) in [6.07, 6.45) is 0. The number of amides is 1. The van der Waals surface area contributed by atoms with Gasteiger partial charge in [0, 0.05) is 30.6 Å². The minimum Gasteiger partial charge on any atom is -0.494 e. The van der Waals surface area contributed by atoms with Crippen LogP contribution in [0.1, 0.15) is 23.0 Å². The number of nitrogens with zero attached hydrogens (tertiary/aromatic N) is 3. The largest absolute Gasteiger partial charge is 0.494 e. The molecule has 2 aromatic rings. The Bertz CT molecular complexity index is 777. The number of carbonyl (C=O) groups excluding carboxylic acids is 1. The van der Waals surface area contributed by atoms with Crippen LogP contribution in [0.5, 0.6) is 5.75 Å². The molecule has 0 spiro atoms. The van der Waals surface area contributed by atoms with Crippen LogP contribution in [0, 0.1) is 12.8 Å². The van der Waals surface area contributed by atoms with Crippen molar-refractivity contribution in [2.45, 2.75) is 20.4 Å². The van der Waals surface area contributed by atoms with Crippen LogP contribution in [-0.2, 0) is 6.54 Å². The fraction of sp³-hybridized carbons (Fsp3) is 0.389. The number of benzene rings is 1. The maximum atomic E-state index is 12.4. The van der Waals surface area contributed by atoms with Crippen LogP contribution >= 0.6 is 0 Å². The third-order valence-corrected chi connectivity index (χ3v) is 4.09. The fourth-order valence-electron chi connectivity index (χ4n) is 2.82. The molecule has 6 nitrogen and oxygen atoms in total. The zero-order valence-electron chi connectivity index (χ0n) is 13.9. The van der Waals surface area contributed by atoms with Gasteiger partial charge in [-0.1, -0.05) is 0 Å². The van der Waals surface area contributed by atoms with E-state index in [2.05, 4.69) is 5.10 Å². The average Bonchev–Trinajstić information content (AvgIpc) is 2.54. The molecule has 1 saturated heterocycles. The van der Waals surface area contributed by atoms with Crippen molar-refractivity contribution in [2.75, 3.05) is 19.7 Å². The number of carbonyl (C=O) groups is 1. The standard InChI is InChI=1S/C18H21N3O3/c1-3-24-16-7-5-15(6-8-16)18(23)20-10-14(11-20)12-21-17(22)9-4-13(2)19-21/h4-9,14H,3,10-12H2,1-2H3. The maximum Gasteiger partial charge on any atom is 0.266 e. The maximum absolute atomic E-state index is 12.4. The molecule has 3 rings (SSSR count). The summed E-state index contributed by atoms with van der Waals surface area (Å²) in [4.78, 5) is 26.0. The van der Waals surface area contributed by atoms with E-state index in [0.717, 1.165) is 11.4 Å². The molecule has 2 heterocycles. The van der Waals surface area contributed by atoms with Crippen LogP contribution in [0.25, 0.3) is 0 Å². The molecule has 0 N–H and O–H groups in total. The van der Waals surface area contributed by atoms with Crippen LogP contribution in [0.15, 0.2) is 41.2 Å². The van der Waals surface area contributed by atoms with Crippen molar-refractivity contribution in [1.29, 1.82) is 0 Å². The van der Waals surface area contributed by atoms with E-state index in [-0.39, 0.29) is 17.4 Å². The van der Waals surface area contributed by atoms with Gasteiger partial charge in [0.2, 0.25) is 0 Å². The normalized spacial score (nSPS) is 14.3. The van der Waals surface area contributed by atoms with Crippen molar-refractivity contribution in [3.8, 4) is 5.75 Å². The molecule has 1 fully saturated rings. The second-order valence-electron chi connectivity index (χ2n) is 6.03. The predicted molar refractivity (Wildman–Crippen MR) is 90.2 cm³/mol. The Morgan fingerprint density at radius 1 is 1.21 bits per heavy atom. The van der Waals surface area contributed by atoms with Gasteiger partial charge in [0.1, 0.15) is 5.75 Å². The first kappa shape index (κ1) is 16.2. The van der Waals surface area contributed by atoms with Gasteiger partial charge in [-0.15, -0.1) is 0 Å². The second-order valence-corrected chi connectivity index (χ2v) is 6.03. The highest BCUT2D eigenvalue weighted by atomic mass is 16.5. The summed E-state index contributed by atoms with van der Waals surface area (Å²) in [5.41, 5.74) is 1.37. The van der Waals surface area contributed by atoms with Crippen molar-refractivity contribution in [2.24, 2.45) is 5.92 Å². The Kier molecular flexibility index (Phi) is 4.64. The summed E-state index contributed by atoms with van der Waals surface area (Å²) >= 11 is 0. The van der Waals surface area contributed by atoms with Crippen LogP contribution in [-0.4, -0.2) is 40.3 Å². The number of ether oxygens (including phenoxy) is 1. The zero-order valence-corrected chi connectivity index (χ0v) is 13.9. The molecule has 126 valence electrons. The Balaban J connectivity index is 1.56. The van der Waals surface area contributed by atoms with E-state index in [4.69, 9.17) is 4.74 Å². The van der Waals surface area contributed by atoms with Gasteiger partial charge in [0.25, 0.3) is 11.5 Å². The molecule has 1 aliphatic heterocycles. The molecule has 1 aliphatic rings. The van der Waals surface area contributed by atoms with Crippen molar-refractivity contribution in [3.63, 3.8) is 0 Å². The smallest absolute Gasteiger partial charge is 0.266 e. The van der Waals surface area contributed by atoms with Crippen molar-refractivity contribution >= 4 is 5.91 Å². The number of rotatable bonds is 5. The first-order chi connectivity index (χ1) is 11.6. The predicted octanol–water partition coefficient (Wildman–Crippen LogP) is 1.72. The molecular weight excluding hydrogens is 306 g/mol. The molecule has 1 aromatic heterocycles. The molecule has 1 aromatic carbocycles. The molecule has 0 unspecified atom stereocenters. The Morgan fingerprint density at radius 2 is 1.92 bits per heavy atom. The molecule has 0 atom stereocenters. The van der Waals surface area contributed by atoms with E-state index in [9.17, 15) is 9.59 Å². The highest BCUT2D eigenvalue weighted by molar-refractivity contribution is 5.94.